The molecule has 218 valence electrons. The van der Waals surface area contributed by atoms with Crippen LogP contribution in [-0.4, -0.2) is 33.9 Å². The van der Waals surface area contributed by atoms with E-state index < -0.39 is 29.2 Å². The normalized spacial score (nSPS) is 24.7. The maximum atomic E-state index is 13.1. The molecule has 9 nitrogen and oxygen atoms in total. The van der Waals surface area contributed by atoms with Gasteiger partial charge >= 0.3 is 5.69 Å². The van der Waals surface area contributed by atoms with E-state index in [1.54, 1.807) is 13.1 Å². The Morgan fingerprint density at radius 1 is 0.881 bits per heavy atom. The molecule has 0 radical (unpaired) electrons. The van der Waals surface area contributed by atoms with Crippen LogP contribution in [0.5, 0.6) is 0 Å². The lowest BCUT2D eigenvalue weighted by Gasteiger charge is -2.35. The molecule has 2 aliphatic rings. The Labute approximate surface area is 244 Å². The molecule has 3 aromatic carbocycles. The summed E-state index contributed by atoms with van der Waals surface area (Å²) in [7, 11) is 0. The minimum absolute atomic E-state index is 0.215. The molecular weight excluding hydrogens is 534 g/mol. The number of aryl methyl sites for hydroxylation is 1. The number of aromatic amines is 1. The molecule has 0 spiro atoms. The van der Waals surface area contributed by atoms with Gasteiger partial charge in [0.15, 0.2) is 0 Å². The fraction of sp³-hybridized carbons (Fsp3) is 0.333. The van der Waals surface area contributed by atoms with Crippen molar-refractivity contribution in [2.24, 2.45) is 5.92 Å². The molecule has 9 heteroatoms. The molecule has 1 aromatic heterocycles. The largest absolute Gasteiger partial charge is 0.374 e. The topological polar surface area (TPSA) is 104 Å². The predicted octanol–water partition coefficient (Wildman–Crippen LogP) is 4.02. The van der Waals surface area contributed by atoms with Crippen molar-refractivity contribution < 1.29 is 19.0 Å². The van der Waals surface area contributed by atoms with E-state index in [0.29, 0.717) is 31.8 Å². The Morgan fingerprint density at radius 2 is 1.48 bits per heavy atom. The quantitative estimate of drug-likeness (QED) is 0.248. The highest BCUT2D eigenvalue weighted by atomic mass is 16.6. The second-order valence-electron chi connectivity index (χ2n) is 11.0. The summed E-state index contributed by atoms with van der Waals surface area (Å²) in [4.78, 5) is 33.7. The van der Waals surface area contributed by atoms with E-state index in [4.69, 9.17) is 19.0 Å². The zero-order valence-electron chi connectivity index (χ0n) is 23.5. The summed E-state index contributed by atoms with van der Waals surface area (Å²) in [6.45, 7) is 3.08. The van der Waals surface area contributed by atoms with Gasteiger partial charge < -0.3 is 14.2 Å². The smallest absolute Gasteiger partial charge is 0.330 e. The van der Waals surface area contributed by atoms with Gasteiger partial charge in [-0.05, 0) is 30.0 Å². The zero-order chi connectivity index (χ0) is 28.9. The number of benzene rings is 3. The van der Waals surface area contributed by atoms with E-state index >= 15 is 0 Å². The van der Waals surface area contributed by atoms with Gasteiger partial charge in [-0.25, -0.2) is 4.79 Å². The molecule has 0 unspecified atom stereocenters. The summed E-state index contributed by atoms with van der Waals surface area (Å²) in [5.74, 6) is -0.312. The number of aromatic nitrogens is 2. The van der Waals surface area contributed by atoms with Gasteiger partial charge in [-0.1, -0.05) is 91.0 Å². The summed E-state index contributed by atoms with van der Waals surface area (Å²) >= 11 is 0. The molecule has 2 bridgehead atoms. The van der Waals surface area contributed by atoms with Crippen LogP contribution in [0.4, 0.5) is 0 Å². The highest BCUT2D eigenvalue weighted by Crippen LogP contribution is 2.54. The number of hydroxylamine groups is 1. The molecule has 1 aliphatic heterocycles. The molecule has 4 aromatic rings. The lowest BCUT2D eigenvalue weighted by molar-refractivity contribution is -0.172. The van der Waals surface area contributed by atoms with E-state index in [-0.39, 0.29) is 18.6 Å². The average molecular weight is 570 g/mol. The van der Waals surface area contributed by atoms with Gasteiger partial charge in [0.2, 0.25) is 0 Å². The van der Waals surface area contributed by atoms with Crippen molar-refractivity contribution >= 4 is 0 Å². The molecule has 2 heterocycles. The number of rotatable bonds is 12. The Hall–Kier alpha value is -3.86. The Balaban J connectivity index is 1.30. The second kappa shape index (κ2) is 12.6. The fourth-order valence-corrected chi connectivity index (χ4v) is 6.03. The van der Waals surface area contributed by atoms with Gasteiger partial charge in [0.25, 0.3) is 5.56 Å². The predicted molar refractivity (Wildman–Crippen MR) is 156 cm³/mol. The van der Waals surface area contributed by atoms with E-state index in [1.807, 2.05) is 91.0 Å². The number of hydrogen-bond acceptors (Lipinski definition) is 7. The van der Waals surface area contributed by atoms with Gasteiger partial charge in [0, 0.05) is 17.8 Å². The van der Waals surface area contributed by atoms with Crippen LogP contribution in [-0.2, 0) is 38.9 Å². The van der Waals surface area contributed by atoms with Crippen LogP contribution in [0.1, 0.15) is 34.9 Å². The van der Waals surface area contributed by atoms with Crippen LogP contribution in [0, 0.1) is 12.8 Å². The van der Waals surface area contributed by atoms with Gasteiger partial charge in [0.05, 0.1) is 38.4 Å². The van der Waals surface area contributed by atoms with Crippen LogP contribution in [0.25, 0.3) is 0 Å². The van der Waals surface area contributed by atoms with E-state index in [2.05, 4.69) is 10.5 Å². The molecule has 2 N–H and O–H groups in total. The van der Waals surface area contributed by atoms with E-state index in [1.165, 1.54) is 4.57 Å². The molecule has 1 aliphatic carbocycles. The molecule has 0 amide bonds. The third kappa shape index (κ3) is 6.01. The monoisotopic (exact) mass is 569 g/mol. The van der Waals surface area contributed by atoms with Gasteiger partial charge in [-0.3, -0.25) is 19.2 Å². The van der Waals surface area contributed by atoms with E-state index in [0.717, 1.165) is 16.7 Å². The minimum atomic E-state index is -0.865. The molecule has 1 saturated heterocycles. The summed E-state index contributed by atoms with van der Waals surface area (Å²) in [6.07, 6.45) is 0.978. The Kier molecular flexibility index (Phi) is 8.46. The summed E-state index contributed by atoms with van der Waals surface area (Å²) in [5.41, 5.74) is 4.98. The molecule has 6 rings (SSSR count). The SMILES string of the molecule is Cc1cn([C@@H]2O[C@@]3(COCc4ccccc4)C[C@H](NOCc4ccccc4)[C@@H]2[C@@H]3OCc2ccccc2)c(=O)[nH]c1=O. The van der Waals surface area contributed by atoms with Crippen LogP contribution >= 0.6 is 0 Å². The van der Waals surface area contributed by atoms with Crippen LogP contribution < -0.4 is 16.7 Å². The number of nitrogens with zero attached hydrogens (tertiary/aromatic N) is 1. The summed E-state index contributed by atoms with van der Waals surface area (Å²) in [5, 5.41) is 0. The lowest BCUT2D eigenvalue weighted by atomic mass is 9.99. The number of fused-ring (bicyclic) bond motifs is 2. The standard InChI is InChI=1S/C33H35N3O6/c1-23-18-36(32(38)34-30(23)37)31-28-27(35-41-21-26-15-9-4-10-16-26)17-33(42-31,22-39-19-24-11-5-2-6-12-24)29(28)40-20-25-13-7-3-8-14-25/h2-16,18,27-29,31,35H,17,19-22H2,1H3,(H,34,37,38)/t27-,28+,29-,31+,33+/m0/s1. The van der Waals surface area contributed by atoms with E-state index in [9.17, 15) is 9.59 Å². The first-order chi connectivity index (χ1) is 20.5. The third-order valence-corrected chi connectivity index (χ3v) is 8.05. The first-order valence-corrected chi connectivity index (χ1v) is 14.2. The third-order valence-electron chi connectivity index (χ3n) is 8.05. The number of ether oxygens (including phenoxy) is 3. The lowest BCUT2D eigenvalue weighted by Crippen LogP contribution is -2.47. The molecule has 42 heavy (non-hydrogen) atoms. The van der Waals surface area contributed by atoms with Gasteiger partial charge in [-0.15, -0.1) is 0 Å². The maximum Gasteiger partial charge on any atom is 0.330 e. The second-order valence-corrected chi connectivity index (χ2v) is 11.0. The van der Waals surface area contributed by atoms with Crippen molar-refractivity contribution in [3.8, 4) is 0 Å². The van der Waals surface area contributed by atoms with Crippen molar-refractivity contribution in [3.05, 3.63) is 140 Å². The first kappa shape index (κ1) is 28.3. The number of H-pyrrole nitrogens is 1. The van der Waals surface area contributed by atoms with Crippen LogP contribution in [0.2, 0.25) is 0 Å². The molecule has 5 atom stereocenters. The number of hydrogen-bond donors (Lipinski definition) is 2. The van der Waals surface area contributed by atoms with Crippen molar-refractivity contribution in [2.75, 3.05) is 6.61 Å². The van der Waals surface area contributed by atoms with Crippen molar-refractivity contribution in [1.82, 2.24) is 15.0 Å². The van der Waals surface area contributed by atoms with Crippen molar-refractivity contribution in [1.29, 1.82) is 0 Å². The average Bonchev–Trinajstić information content (AvgIpc) is 3.48. The van der Waals surface area contributed by atoms with Gasteiger partial charge in [-0.2, -0.15) is 5.48 Å². The molecular formula is C33H35N3O6. The molecule has 1 saturated carbocycles. The zero-order valence-corrected chi connectivity index (χ0v) is 23.5. The van der Waals surface area contributed by atoms with Crippen molar-refractivity contribution in [2.45, 2.75) is 57.1 Å². The Bertz CT molecular complexity index is 1580. The van der Waals surface area contributed by atoms with Crippen LogP contribution in [0.15, 0.2) is 107 Å². The highest BCUT2D eigenvalue weighted by molar-refractivity contribution is 5.18. The molecule has 2 fully saturated rings. The summed E-state index contributed by atoms with van der Waals surface area (Å²) in [6, 6.07) is 29.6. The summed E-state index contributed by atoms with van der Waals surface area (Å²) < 4.78 is 21.1. The van der Waals surface area contributed by atoms with Crippen LogP contribution in [0.3, 0.4) is 0 Å². The number of nitrogens with one attached hydrogen (secondary N) is 2. The van der Waals surface area contributed by atoms with Crippen molar-refractivity contribution in [3.63, 3.8) is 0 Å². The minimum Gasteiger partial charge on any atom is -0.374 e. The Morgan fingerprint density at radius 3 is 2.12 bits per heavy atom. The highest BCUT2D eigenvalue weighted by Gasteiger charge is 2.66. The fourth-order valence-electron chi connectivity index (χ4n) is 6.03. The van der Waals surface area contributed by atoms with Gasteiger partial charge in [0.1, 0.15) is 11.8 Å². The maximum absolute atomic E-state index is 13.1. The first-order valence-electron chi connectivity index (χ1n) is 14.2.